The molecule has 0 saturated heterocycles. The van der Waals surface area contributed by atoms with Crippen LogP contribution >= 0.6 is 0 Å². The fourth-order valence-electron chi connectivity index (χ4n) is 4.06. The summed E-state index contributed by atoms with van der Waals surface area (Å²) in [6.45, 7) is 6.29. The van der Waals surface area contributed by atoms with E-state index in [0.717, 1.165) is 39.3 Å². The summed E-state index contributed by atoms with van der Waals surface area (Å²) in [5, 5.41) is 2.46. The summed E-state index contributed by atoms with van der Waals surface area (Å²) < 4.78 is 10.9. The van der Waals surface area contributed by atoms with Crippen LogP contribution in [0.3, 0.4) is 0 Å². The van der Waals surface area contributed by atoms with Crippen molar-refractivity contribution in [3.05, 3.63) is 83.4 Å². The first kappa shape index (κ1) is 19.1. The zero-order chi connectivity index (χ0) is 20.5. The Bertz CT molecular complexity index is 1200. The molecule has 145 valence electrons. The molecule has 1 radical (unpaired) electrons. The smallest absolute Gasteiger partial charge is 0.121 e. The maximum Gasteiger partial charge on any atom is 0.121 e. The second-order valence-electron chi connectivity index (χ2n) is 7.41. The lowest BCUT2D eigenvalue weighted by molar-refractivity contribution is 0.411. The van der Waals surface area contributed by atoms with Gasteiger partial charge in [-0.25, -0.2) is 0 Å². The molecule has 4 aromatic rings. The molecule has 0 saturated carbocycles. The van der Waals surface area contributed by atoms with Crippen LogP contribution in [-0.2, 0) is 0 Å². The lowest BCUT2D eigenvalue weighted by atomic mass is 9.87. The van der Waals surface area contributed by atoms with Crippen LogP contribution < -0.4 is 9.47 Å². The number of hydrogen-bond acceptors (Lipinski definition) is 2. The SMILES string of the molecule is COc1ccc(-c2[c]c(C)c3ccccc3c2-c2ccc(OC)c(C)c2)cc1C. The van der Waals surface area contributed by atoms with E-state index in [9.17, 15) is 0 Å². The molecule has 0 heterocycles. The second-order valence-corrected chi connectivity index (χ2v) is 7.41. The Kier molecular flexibility index (Phi) is 5.02. The van der Waals surface area contributed by atoms with Crippen molar-refractivity contribution in [2.24, 2.45) is 0 Å². The zero-order valence-corrected chi connectivity index (χ0v) is 17.6. The molecule has 0 unspecified atom stereocenters. The Labute approximate surface area is 172 Å². The van der Waals surface area contributed by atoms with E-state index >= 15 is 0 Å². The fraction of sp³-hybridized carbons (Fsp3) is 0.185. The van der Waals surface area contributed by atoms with Crippen LogP contribution in [0.2, 0.25) is 0 Å². The van der Waals surface area contributed by atoms with Crippen LogP contribution in [0.5, 0.6) is 11.5 Å². The van der Waals surface area contributed by atoms with Gasteiger partial charge >= 0.3 is 0 Å². The Morgan fingerprint density at radius 2 is 1.21 bits per heavy atom. The first-order valence-corrected chi connectivity index (χ1v) is 9.78. The summed E-state index contributed by atoms with van der Waals surface area (Å²) >= 11 is 0. The highest BCUT2D eigenvalue weighted by Crippen LogP contribution is 2.41. The number of benzene rings is 4. The Morgan fingerprint density at radius 3 is 1.79 bits per heavy atom. The van der Waals surface area contributed by atoms with Gasteiger partial charge in [0.25, 0.3) is 0 Å². The summed E-state index contributed by atoms with van der Waals surface area (Å²) in [6.07, 6.45) is 0. The van der Waals surface area contributed by atoms with Crippen molar-refractivity contribution in [1.82, 2.24) is 0 Å². The minimum atomic E-state index is 0.896. The van der Waals surface area contributed by atoms with Crippen molar-refractivity contribution in [1.29, 1.82) is 0 Å². The van der Waals surface area contributed by atoms with Crippen LogP contribution in [-0.4, -0.2) is 14.2 Å². The second kappa shape index (κ2) is 7.63. The molecule has 0 N–H and O–H groups in total. The topological polar surface area (TPSA) is 18.5 Å². The van der Waals surface area contributed by atoms with Gasteiger partial charge in [0, 0.05) is 0 Å². The third kappa shape index (κ3) is 3.36. The molecule has 0 amide bonds. The molecule has 0 atom stereocenters. The van der Waals surface area contributed by atoms with Gasteiger partial charge in [0.1, 0.15) is 11.5 Å². The number of hydrogen-bond donors (Lipinski definition) is 0. The van der Waals surface area contributed by atoms with Crippen LogP contribution in [0.15, 0.2) is 60.7 Å². The van der Waals surface area contributed by atoms with Gasteiger partial charge in [0.2, 0.25) is 0 Å². The number of rotatable bonds is 4. The van der Waals surface area contributed by atoms with Crippen molar-refractivity contribution in [2.45, 2.75) is 20.8 Å². The summed E-state index contributed by atoms with van der Waals surface area (Å²) in [5.74, 6) is 1.80. The summed E-state index contributed by atoms with van der Waals surface area (Å²) in [5.41, 5.74) is 7.99. The maximum atomic E-state index is 5.48. The molecule has 0 spiro atoms. The molecule has 0 aliphatic carbocycles. The van der Waals surface area contributed by atoms with Gasteiger partial charge in [0.15, 0.2) is 0 Å². The minimum Gasteiger partial charge on any atom is -0.496 e. The highest BCUT2D eigenvalue weighted by atomic mass is 16.5. The highest BCUT2D eigenvalue weighted by Gasteiger charge is 2.16. The third-order valence-corrected chi connectivity index (χ3v) is 5.53. The molecule has 0 fully saturated rings. The molecule has 2 nitrogen and oxygen atoms in total. The lowest BCUT2D eigenvalue weighted by Crippen LogP contribution is -1.94. The van der Waals surface area contributed by atoms with Crippen molar-refractivity contribution in [3.8, 4) is 33.8 Å². The van der Waals surface area contributed by atoms with Gasteiger partial charge in [0.05, 0.1) is 14.2 Å². The molecule has 4 aromatic carbocycles. The number of aryl methyl sites for hydroxylation is 3. The van der Waals surface area contributed by atoms with Gasteiger partial charge in [-0.3, -0.25) is 0 Å². The van der Waals surface area contributed by atoms with Gasteiger partial charge in [-0.15, -0.1) is 0 Å². The van der Waals surface area contributed by atoms with E-state index in [2.05, 4.69) is 75.4 Å². The van der Waals surface area contributed by atoms with Crippen molar-refractivity contribution in [2.75, 3.05) is 14.2 Å². The molecule has 0 bridgehead atoms. The quantitative estimate of drug-likeness (QED) is 0.382. The molecule has 2 heteroatoms. The van der Waals surface area contributed by atoms with E-state index in [-0.39, 0.29) is 0 Å². The van der Waals surface area contributed by atoms with Crippen molar-refractivity contribution in [3.63, 3.8) is 0 Å². The Balaban J connectivity index is 2.06. The number of fused-ring (bicyclic) bond motifs is 1. The molecule has 0 aromatic heterocycles. The predicted molar refractivity (Wildman–Crippen MR) is 121 cm³/mol. The van der Waals surface area contributed by atoms with Gasteiger partial charge in [-0.1, -0.05) is 36.4 Å². The van der Waals surface area contributed by atoms with Gasteiger partial charge in [-0.2, -0.15) is 0 Å². The molecular weight excluding hydrogens is 356 g/mol. The first-order valence-electron chi connectivity index (χ1n) is 9.78. The van der Waals surface area contributed by atoms with Gasteiger partial charge in [-0.05, 0) is 101 Å². The Hall–Kier alpha value is -3.26. The van der Waals surface area contributed by atoms with Gasteiger partial charge < -0.3 is 9.47 Å². The third-order valence-electron chi connectivity index (χ3n) is 5.53. The summed E-state index contributed by atoms with van der Waals surface area (Å²) in [7, 11) is 3.42. The van der Waals surface area contributed by atoms with Crippen LogP contribution in [0.1, 0.15) is 16.7 Å². The zero-order valence-electron chi connectivity index (χ0n) is 17.6. The van der Waals surface area contributed by atoms with E-state index < -0.39 is 0 Å². The molecule has 0 aliphatic heterocycles. The average Bonchev–Trinajstić information content (AvgIpc) is 2.73. The minimum absolute atomic E-state index is 0.896. The summed E-state index contributed by atoms with van der Waals surface area (Å²) in [6, 6.07) is 24.9. The molecule has 4 rings (SSSR count). The predicted octanol–water partition coefficient (Wildman–Crippen LogP) is 6.92. The average molecular weight is 381 g/mol. The Morgan fingerprint density at radius 1 is 0.655 bits per heavy atom. The van der Waals surface area contributed by atoms with E-state index in [4.69, 9.17) is 9.47 Å². The maximum absolute atomic E-state index is 5.48. The highest BCUT2D eigenvalue weighted by molar-refractivity contribution is 6.05. The number of methoxy groups -OCH3 is 2. The van der Waals surface area contributed by atoms with E-state index in [1.165, 1.54) is 21.9 Å². The van der Waals surface area contributed by atoms with E-state index in [1.807, 2.05) is 12.1 Å². The largest absolute Gasteiger partial charge is 0.496 e. The van der Waals surface area contributed by atoms with Crippen molar-refractivity contribution < 1.29 is 9.47 Å². The standard InChI is InChI=1S/C27H25O2/c1-17-16-24(20-10-12-25(28-4)18(2)14-20)27(23-9-7-6-8-22(17)23)21-11-13-26(29-5)19(3)15-21/h6-15H,1-5H3. The van der Waals surface area contributed by atoms with Crippen LogP contribution in [0.4, 0.5) is 0 Å². The van der Waals surface area contributed by atoms with Crippen LogP contribution in [0.25, 0.3) is 33.0 Å². The first-order chi connectivity index (χ1) is 14.0. The molecular formula is C27H25O2. The monoisotopic (exact) mass is 381 g/mol. The fourth-order valence-corrected chi connectivity index (χ4v) is 4.06. The number of ether oxygens (including phenoxy) is 2. The van der Waals surface area contributed by atoms with E-state index in [0.29, 0.717) is 0 Å². The normalized spacial score (nSPS) is 10.9. The molecule has 0 aliphatic rings. The molecule has 29 heavy (non-hydrogen) atoms. The summed E-state index contributed by atoms with van der Waals surface area (Å²) in [4.78, 5) is 0. The lowest BCUT2D eigenvalue weighted by Gasteiger charge is -2.18. The van der Waals surface area contributed by atoms with E-state index in [1.54, 1.807) is 14.2 Å². The van der Waals surface area contributed by atoms with Crippen LogP contribution in [0, 0.1) is 26.8 Å². The van der Waals surface area contributed by atoms with Crippen molar-refractivity contribution >= 4 is 10.8 Å².